The molecule has 1 amide bonds. The van der Waals surface area contributed by atoms with E-state index in [9.17, 15) is 19.4 Å². The summed E-state index contributed by atoms with van der Waals surface area (Å²) in [5.41, 5.74) is 0. The summed E-state index contributed by atoms with van der Waals surface area (Å²) in [6, 6.07) is -0.881. The highest BCUT2D eigenvalue weighted by Crippen LogP contribution is 2.38. The summed E-state index contributed by atoms with van der Waals surface area (Å²) in [5.74, 6) is -0.190. The molecule has 0 aliphatic heterocycles. The summed E-state index contributed by atoms with van der Waals surface area (Å²) in [7, 11) is 1.28. The molecule has 0 aromatic rings. The van der Waals surface area contributed by atoms with Crippen molar-refractivity contribution in [2.24, 2.45) is 0 Å². The second-order valence-corrected chi connectivity index (χ2v) is 23.8. The van der Waals surface area contributed by atoms with Crippen molar-refractivity contribution in [3.05, 3.63) is 12.2 Å². The van der Waals surface area contributed by atoms with Crippen LogP contribution in [-0.2, 0) is 18.4 Å². The quantitative estimate of drug-likeness (QED) is 0.0272. The number of aliphatic hydroxyl groups is 1. The minimum absolute atomic E-state index is 0.00251. The van der Waals surface area contributed by atoms with Gasteiger partial charge in [-0.25, -0.2) is 0 Å². The summed E-state index contributed by atoms with van der Waals surface area (Å²) in [6.45, 7) is 4.69. The van der Waals surface area contributed by atoms with Gasteiger partial charge in [0.25, 0.3) is 7.82 Å². The molecule has 0 rings (SSSR count). The van der Waals surface area contributed by atoms with E-state index in [4.69, 9.17) is 9.05 Å². The fourth-order valence-corrected chi connectivity index (χ4v) is 10.2. The van der Waals surface area contributed by atoms with Gasteiger partial charge in [0, 0.05) is 6.42 Å². The largest absolute Gasteiger partial charge is 0.756 e. The molecule has 0 fully saturated rings. The molecule has 0 spiro atoms. The third kappa shape index (κ3) is 54.8. The van der Waals surface area contributed by atoms with Gasteiger partial charge in [-0.3, -0.25) is 9.36 Å². The van der Waals surface area contributed by atoms with Crippen molar-refractivity contribution in [1.82, 2.24) is 5.32 Å². The third-order valence-electron chi connectivity index (χ3n) is 14.2. The van der Waals surface area contributed by atoms with Crippen molar-refractivity contribution in [2.75, 3.05) is 40.9 Å². The van der Waals surface area contributed by atoms with Crippen LogP contribution in [0.3, 0.4) is 0 Å². The Hall–Kier alpha value is -0.760. The minimum Gasteiger partial charge on any atom is -0.756 e. The van der Waals surface area contributed by atoms with Crippen LogP contribution in [0.4, 0.5) is 0 Å². The zero-order valence-corrected chi connectivity index (χ0v) is 47.9. The molecule has 0 bridgehead atoms. The normalized spacial score (nSPS) is 13.9. The van der Waals surface area contributed by atoms with Crippen molar-refractivity contribution in [2.45, 2.75) is 328 Å². The van der Waals surface area contributed by atoms with E-state index >= 15 is 0 Å². The molecule has 8 nitrogen and oxygen atoms in total. The Morgan fingerprint density at radius 1 is 0.493 bits per heavy atom. The van der Waals surface area contributed by atoms with Gasteiger partial charge in [-0.05, 0) is 19.3 Å². The van der Waals surface area contributed by atoms with Gasteiger partial charge in [-0.1, -0.05) is 302 Å². The van der Waals surface area contributed by atoms with Crippen LogP contribution in [0.5, 0.6) is 0 Å². The van der Waals surface area contributed by atoms with Crippen LogP contribution < -0.4 is 10.2 Å². The predicted octanol–water partition coefficient (Wildman–Crippen LogP) is 18.0. The van der Waals surface area contributed by atoms with Crippen LogP contribution >= 0.6 is 7.82 Å². The zero-order valence-electron chi connectivity index (χ0n) is 47.0. The molecule has 0 heterocycles. The molecule has 3 atom stereocenters. The van der Waals surface area contributed by atoms with Crippen molar-refractivity contribution < 1.29 is 32.9 Å². The molecule has 0 radical (unpaired) electrons. The van der Waals surface area contributed by atoms with Gasteiger partial charge in [-0.15, -0.1) is 0 Å². The molecule has 2 N–H and O–H groups in total. The molecule has 0 aliphatic rings. The summed E-state index contributed by atoms with van der Waals surface area (Å²) < 4.78 is 23.3. The molecule has 0 aromatic heterocycles. The summed E-state index contributed by atoms with van der Waals surface area (Å²) in [5, 5.41) is 13.9. The number of rotatable bonds is 57. The van der Waals surface area contributed by atoms with Gasteiger partial charge < -0.3 is 28.8 Å². The van der Waals surface area contributed by atoms with Crippen LogP contribution in [0.25, 0.3) is 0 Å². The van der Waals surface area contributed by atoms with E-state index in [1.165, 1.54) is 257 Å². The summed E-state index contributed by atoms with van der Waals surface area (Å²) in [4.78, 5) is 25.5. The molecular weight excluding hydrogens is 876 g/mol. The first-order chi connectivity index (χ1) is 33.5. The SMILES string of the molecule is CCCCCCCCCCCCCC/C=C/[C@@H](O)[C@H](COP(=O)([O-])OCC[N+](C)(C)C)NC(=O)CCCCCCCCCCCCCCCCCCCCCCCCCCCCCCCCCCC. The van der Waals surface area contributed by atoms with E-state index < -0.39 is 20.0 Å². The van der Waals surface area contributed by atoms with Crippen molar-refractivity contribution in [3.8, 4) is 0 Å². The lowest BCUT2D eigenvalue weighted by Crippen LogP contribution is -2.45. The Morgan fingerprint density at radius 2 is 0.783 bits per heavy atom. The molecule has 0 saturated heterocycles. The summed E-state index contributed by atoms with van der Waals surface area (Å²) >= 11 is 0. The average molecular weight is 998 g/mol. The number of nitrogens with zero attached hydrogens (tertiary/aromatic N) is 1. The van der Waals surface area contributed by atoms with Gasteiger partial charge >= 0.3 is 0 Å². The van der Waals surface area contributed by atoms with E-state index in [1.54, 1.807) is 6.08 Å². The maximum absolute atomic E-state index is 13.0. The lowest BCUT2D eigenvalue weighted by atomic mass is 10.0. The lowest BCUT2D eigenvalue weighted by Gasteiger charge is -2.29. The van der Waals surface area contributed by atoms with Crippen LogP contribution in [0.15, 0.2) is 12.2 Å². The molecule has 412 valence electrons. The van der Waals surface area contributed by atoms with Gasteiger partial charge in [0.2, 0.25) is 5.91 Å². The maximum Gasteiger partial charge on any atom is 0.268 e. The first-order valence-electron chi connectivity index (χ1n) is 30.6. The number of likely N-dealkylation sites (N-methyl/N-ethyl adjacent to an activating group) is 1. The Balaban J connectivity index is 3.95. The smallest absolute Gasteiger partial charge is 0.268 e. The number of carbonyl (C=O) groups is 1. The molecule has 1 unspecified atom stereocenters. The number of nitrogens with one attached hydrogen (secondary N) is 1. The van der Waals surface area contributed by atoms with Crippen LogP contribution in [0, 0.1) is 0 Å². The number of allylic oxidation sites excluding steroid dienone is 1. The second-order valence-electron chi connectivity index (χ2n) is 22.4. The number of hydrogen-bond donors (Lipinski definition) is 2. The fourth-order valence-electron chi connectivity index (χ4n) is 9.45. The Morgan fingerprint density at radius 3 is 1.09 bits per heavy atom. The molecule has 0 aliphatic carbocycles. The third-order valence-corrected chi connectivity index (χ3v) is 15.2. The molecule has 69 heavy (non-hydrogen) atoms. The Bertz CT molecular complexity index is 1130. The minimum atomic E-state index is -4.59. The maximum atomic E-state index is 13.0. The van der Waals surface area contributed by atoms with Gasteiger partial charge in [0.05, 0.1) is 39.9 Å². The number of carbonyl (C=O) groups excluding carboxylic acids is 1. The predicted molar refractivity (Wildman–Crippen MR) is 298 cm³/mol. The van der Waals surface area contributed by atoms with Crippen molar-refractivity contribution in [3.63, 3.8) is 0 Å². The monoisotopic (exact) mass is 997 g/mol. The van der Waals surface area contributed by atoms with Crippen LogP contribution in [-0.4, -0.2) is 68.5 Å². The van der Waals surface area contributed by atoms with E-state index in [0.29, 0.717) is 17.4 Å². The number of phosphoric acid groups is 1. The van der Waals surface area contributed by atoms with Gasteiger partial charge in [0.1, 0.15) is 13.2 Å². The van der Waals surface area contributed by atoms with Gasteiger partial charge in [-0.2, -0.15) is 0 Å². The molecule has 0 saturated carbocycles. The van der Waals surface area contributed by atoms with E-state index in [-0.39, 0.29) is 19.1 Å². The number of hydrogen-bond acceptors (Lipinski definition) is 6. The highest BCUT2D eigenvalue weighted by Gasteiger charge is 2.23. The highest BCUT2D eigenvalue weighted by molar-refractivity contribution is 7.45. The fraction of sp³-hybridized carbons (Fsp3) is 0.950. The number of quaternary nitrogens is 1. The first-order valence-corrected chi connectivity index (χ1v) is 32.0. The second kappa shape index (κ2) is 52.1. The number of unbranched alkanes of at least 4 members (excludes halogenated alkanes) is 44. The molecular formula is C60H121N2O6P. The van der Waals surface area contributed by atoms with Crippen molar-refractivity contribution >= 4 is 13.7 Å². The van der Waals surface area contributed by atoms with Crippen LogP contribution in [0.2, 0.25) is 0 Å². The highest BCUT2D eigenvalue weighted by atomic mass is 31.2. The first kappa shape index (κ1) is 68.2. The Labute approximate surface area is 431 Å². The topological polar surface area (TPSA) is 108 Å². The van der Waals surface area contributed by atoms with Crippen LogP contribution in [0.1, 0.15) is 316 Å². The standard InChI is InChI=1S/C60H121N2O6P/c1-6-8-10-12-14-16-18-20-22-23-24-25-26-27-28-29-30-31-32-33-34-35-36-37-38-39-40-42-44-46-48-50-52-54-60(64)61-58(57-68-69(65,66)67-56-55-62(3,4)5)59(63)53-51-49-47-45-43-41-21-19-17-15-13-11-9-7-2/h51,53,58-59,63H,6-50,52,54-57H2,1-5H3,(H-,61,64,65,66)/b53-51+/t58-,59+/m0/s1. The van der Waals surface area contributed by atoms with E-state index in [0.717, 1.165) is 38.5 Å². The zero-order chi connectivity index (χ0) is 50.6. The van der Waals surface area contributed by atoms with Gasteiger partial charge in [0.15, 0.2) is 0 Å². The Kier molecular flexibility index (Phi) is 51.5. The van der Waals surface area contributed by atoms with E-state index in [2.05, 4.69) is 19.2 Å². The van der Waals surface area contributed by atoms with E-state index in [1.807, 2.05) is 27.2 Å². The molecule has 9 heteroatoms. The average Bonchev–Trinajstić information content (AvgIpc) is 3.31. The number of amides is 1. The molecule has 0 aromatic carbocycles. The number of aliphatic hydroxyl groups excluding tert-OH is 1. The van der Waals surface area contributed by atoms with Crippen molar-refractivity contribution in [1.29, 1.82) is 0 Å². The number of phosphoric ester groups is 1. The summed E-state index contributed by atoms with van der Waals surface area (Å²) in [6.07, 6.45) is 64.6. The lowest BCUT2D eigenvalue weighted by molar-refractivity contribution is -0.870.